The molecular weight excluding hydrogens is 295 g/mol. The van der Waals surface area contributed by atoms with Gasteiger partial charge < -0.3 is 4.98 Å². The van der Waals surface area contributed by atoms with Crippen LogP contribution in [0.15, 0.2) is 6.07 Å². The third kappa shape index (κ3) is 2.36. The predicted octanol–water partition coefficient (Wildman–Crippen LogP) is 3.30. The van der Waals surface area contributed by atoms with Crippen LogP contribution in [0, 0.1) is 0 Å². The van der Waals surface area contributed by atoms with E-state index in [1.54, 1.807) is 0 Å². The van der Waals surface area contributed by atoms with Crippen LogP contribution in [-0.4, -0.2) is 21.1 Å². The number of H-pyrrole nitrogens is 1. The lowest BCUT2D eigenvalue weighted by atomic mass is 10.4. The maximum atomic E-state index is 11.9. The van der Waals surface area contributed by atoms with Crippen molar-refractivity contribution >= 4 is 45.6 Å². The fraction of sp³-hybridized carbons (Fsp3) is 0.300. The van der Waals surface area contributed by atoms with Crippen LogP contribution in [0.5, 0.6) is 0 Å². The second kappa shape index (κ2) is 4.53. The monoisotopic (exact) mass is 302 g/mol. The van der Waals surface area contributed by atoms with Crippen LogP contribution >= 0.6 is 34.5 Å². The van der Waals surface area contributed by atoms with E-state index in [1.165, 1.54) is 17.4 Å². The highest BCUT2D eigenvalue weighted by Crippen LogP contribution is 2.42. The van der Waals surface area contributed by atoms with Gasteiger partial charge in [0.15, 0.2) is 0 Å². The largest absolute Gasteiger partial charge is 0.340 e. The molecule has 1 amide bonds. The Kier molecular flexibility index (Phi) is 3.01. The van der Waals surface area contributed by atoms with Crippen molar-refractivity contribution in [3.05, 3.63) is 26.9 Å². The Balaban J connectivity index is 1.72. The first-order valence-corrected chi connectivity index (χ1v) is 6.89. The molecule has 1 aliphatic carbocycles. The summed E-state index contributed by atoms with van der Waals surface area (Å²) in [4.78, 5) is 14.5. The van der Waals surface area contributed by atoms with Crippen molar-refractivity contribution in [1.82, 2.24) is 15.2 Å². The molecule has 1 fully saturated rings. The number of carbonyl (C=O) groups excluding carboxylic acids is 1. The van der Waals surface area contributed by atoms with E-state index in [-0.39, 0.29) is 11.1 Å². The lowest BCUT2D eigenvalue weighted by molar-refractivity contribution is 0.102. The lowest BCUT2D eigenvalue weighted by Crippen LogP contribution is -2.11. The minimum atomic E-state index is -0.331. The molecule has 0 radical (unpaired) electrons. The Hall–Kier alpha value is -1.11. The molecule has 3 rings (SSSR count). The molecule has 5 nitrogen and oxygen atoms in total. The van der Waals surface area contributed by atoms with Crippen molar-refractivity contribution in [3.63, 3.8) is 0 Å². The number of rotatable bonds is 3. The van der Waals surface area contributed by atoms with E-state index in [4.69, 9.17) is 23.2 Å². The third-order valence-corrected chi connectivity index (χ3v) is 4.25. The molecule has 2 N–H and O–H groups in total. The van der Waals surface area contributed by atoms with Crippen molar-refractivity contribution in [2.45, 2.75) is 18.8 Å². The predicted molar refractivity (Wildman–Crippen MR) is 70.6 cm³/mol. The summed E-state index contributed by atoms with van der Waals surface area (Å²) in [6.07, 6.45) is 2.31. The van der Waals surface area contributed by atoms with E-state index >= 15 is 0 Å². The molecule has 0 atom stereocenters. The van der Waals surface area contributed by atoms with E-state index in [1.807, 2.05) is 0 Å². The van der Waals surface area contributed by atoms with Gasteiger partial charge in [-0.1, -0.05) is 34.5 Å². The van der Waals surface area contributed by atoms with Gasteiger partial charge in [-0.2, -0.15) is 0 Å². The van der Waals surface area contributed by atoms with Crippen LogP contribution in [-0.2, 0) is 0 Å². The molecule has 0 aliphatic heterocycles. The van der Waals surface area contributed by atoms with E-state index in [9.17, 15) is 4.79 Å². The molecule has 18 heavy (non-hydrogen) atoms. The summed E-state index contributed by atoms with van der Waals surface area (Å²) in [5.41, 5.74) is 0.299. The maximum Gasteiger partial charge on any atom is 0.273 e. The van der Waals surface area contributed by atoms with Gasteiger partial charge >= 0.3 is 0 Å². The first kappa shape index (κ1) is 12.0. The number of anilines is 1. The summed E-state index contributed by atoms with van der Waals surface area (Å²) in [5.74, 6) is 0.199. The van der Waals surface area contributed by atoms with Gasteiger partial charge in [-0.05, 0) is 18.9 Å². The van der Waals surface area contributed by atoms with Gasteiger partial charge in [-0.3, -0.25) is 10.1 Å². The fourth-order valence-corrected chi connectivity index (χ4v) is 2.69. The van der Waals surface area contributed by atoms with Crippen LogP contribution in [0.1, 0.15) is 34.3 Å². The van der Waals surface area contributed by atoms with Crippen molar-refractivity contribution in [2.75, 3.05) is 5.32 Å². The molecule has 2 aromatic rings. The Morgan fingerprint density at radius 1 is 1.44 bits per heavy atom. The number of amides is 1. The van der Waals surface area contributed by atoms with Gasteiger partial charge in [0.05, 0.1) is 5.02 Å². The Labute approximate surface area is 117 Å². The molecule has 2 aromatic heterocycles. The topological polar surface area (TPSA) is 70.7 Å². The summed E-state index contributed by atoms with van der Waals surface area (Å²) in [6, 6.07) is 1.47. The number of hydrogen-bond acceptors (Lipinski definition) is 4. The number of nitrogens with one attached hydrogen (secondary N) is 2. The van der Waals surface area contributed by atoms with E-state index in [2.05, 4.69) is 20.5 Å². The minimum absolute atomic E-state index is 0.248. The number of carbonyl (C=O) groups is 1. The molecule has 0 spiro atoms. The summed E-state index contributed by atoms with van der Waals surface area (Å²) < 4.78 is 0. The standard InChI is InChI=1S/C10H8Cl2N4OS/c11-5-3-6(13-7(5)12)8(17)14-10-16-15-9(18-10)4-1-2-4/h3-4,13H,1-2H2,(H,14,16,17). The highest BCUT2D eigenvalue weighted by atomic mass is 35.5. The Morgan fingerprint density at radius 3 is 2.83 bits per heavy atom. The Morgan fingerprint density at radius 2 is 2.22 bits per heavy atom. The zero-order chi connectivity index (χ0) is 12.7. The molecule has 0 unspecified atom stereocenters. The normalized spacial score (nSPS) is 14.8. The summed E-state index contributed by atoms with van der Waals surface area (Å²) in [6.45, 7) is 0. The van der Waals surface area contributed by atoms with Gasteiger partial charge in [0.2, 0.25) is 5.13 Å². The van der Waals surface area contributed by atoms with E-state index in [0.717, 1.165) is 17.8 Å². The molecular formula is C10H8Cl2N4OS. The number of aromatic amines is 1. The van der Waals surface area contributed by atoms with Crippen molar-refractivity contribution < 1.29 is 4.79 Å². The lowest BCUT2D eigenvalue weighted by Gasteiger charge is -1.96. The van der Waals surface area contributed by atoms with E-state index in [0.29, 0.717) is 21.8 Å². The van der Waals surface area contributed by atoms with Gasteiger partial charge in [0.25, 0.3) is 5.91 Å². The zero-order valence-corrected chi connectivity index (χ0v) is 11.4. The average molecular weight is 303 g/mol. The molecule has 1 saturated carbocycles. The second-order valence-corrected chi connectivity index (χ2v) is 5.81. The first-order chi connectivity index (χ1) is 8.63. The summed E-state index contributed by atoms with van der Waals surface area (Å²) >= 11 is 12.9. The van der Waals surface area contributed by atoms with E-state index < -0.39 is 0 Å². The zero-order valence-electron chi connectivity index (χ0n) is 9.04. The molecule has 94 valence electrons. The number of aromatic nitrogens is 3. The number of nitrogens with zero attached hydrogens (tertiary/aromatic N) is 2. The smallest absolute Gasteiger partial charge is 0.273 e. The van der Waals surface area contributed by atoms with Crippen LogP contribution < -0.4 is 5.32 Å². The fourth-order valence-electron chi connectivity index (χ4n) is 1.47. The second-order valence-electron chi connectivity index (χ2n) is 4.02. The third-order valence-electron chi connectivity index (χ3n) is 2.56. The molecule has 2 heterocycles. The molecule has 0 aromatic carbocycles. The number of halogens is 2. The molecule has 1 aliphatic rings. The number of hydrogen-bond donors (Lipinski definition) is 2. The van der Waals surface area contributed by atoms with Gasteiger partial charge in [0, 0.05) is 5.92 Å². The highest BCUT2D eigenvalue weighted by Gasteiger charge is 2.27. The highest BCUT2D eigenvalue weighted by molar-refractivity contribution is 7.15. The van der Waals surface area contributed by atoms with Crippen LogP contribution in [0.4, 0.5) is 5.13 Å². The van der Waals surface area contributed by atoms with Crippen molar-refractivity contribution in [3.8, 4) is 0 Å². The first-order valence-electron chi connectivity index (χ1n) is 5.32. The summed E-state index contributed by atoms with van der Waals surface area (Å²) in [5, 5.41) is 12.7. The summed E-state index contributed by atoms with van der Waals surface area (Å²) in [7, 11) is 0. The minimum Gasteiger partial charge on any atom is -0.340 e. The van der Waals surface area contributed by atoms with Crippen molar-refractivity contribution in [1.29, 1.82) is 0 Å². The van der Waals surface area contributed by atoms with Gasteiger partial charge in [-0.25, -0.2) is 0 Å². The molecule has 8 heteroatoms. The Bertz CT molecular complexity index is 585. The van der Waals surface area contributed by atoms with Crippen LogP contribution in [0.25, 0.3) is 0 Å². The quantitative estimate of drug-likeness (QED) is 0.914. The SMILES string of the molecule is O=C(Nc1nnc(C2CC2)s1)c1cc(Cl)c(Cl)[nH]1. The maximum absolute atomic E-state index is 11.9. The van der Waals surface area contributed by atoms with Gasteiger partial charge in [-0.15, -0.1) is 10.2 Å². The molecule has 0 saturated heterocycles. The van der Waals surface area contributed by atoms with Crippen LogP contribution in [0.3, 0.4) is 0 Å². The van der Waals surface area contributed by atoms with Gasteiger partial charge in [0.1, 0.15) is 15.9 Å². The average Bonchev–Trinajstić information content (AvgIpc) is 3.00. The van der Waals surface area contributed by atoms with Crippen LogP contribution in [0.2, 0.25) is 10.2 Å². The van der Waals surface area contributed by atoms with Crippen molar-refractivity contribution in [2.24, 2.45) is 0 Å². The molecule has 0 bridgehead atoms.